The Morgan fingerprint density at radius 3 is 2.42 bits per heavy atom. The molecule has 1 aromatic rings. The fraction of sp³-hybridized carbons (Fsp3) is 0.719. The lowest BCUT2D eigenvalue weighted by molar-refractivity contribution is -0.136. The second kappa shape index (κ2) is 11.9. The van der Waals surface area contributed by atoms with Crippen LogP contribution in [0.5, 0.6) is 0 Å². The number of amides is 3. The van der Waals surface area contributed by atoms with Crippen molar-refractivity contribution < 1.29 is 14.4 Å². The summed E-state index contributed by atoms with van der Waals surface area (Å²) in [6.45, 7) is 6.54. The van der Waals surface area contributed by atoms with Gasteiger partial charge in [0.15, 0.2) is 0 Å². The third-order valence-corrected chi connectivity index (χ3v) is 9.65. The first-order valence-corrected chi connectivity index (χ1v) is 15.3. The van der Waals surface area contributed by atoms with Crippen LogP contribution in [0.15, 0.2) is 18.2 Å². The molecule has 6 nitrogen and oxygen atoms in total. The zero-order valence-electron chi connectivity index (χ0n) is 23.5. The van der Waals surface area contributed by atoms with E-state index < -0.39 is 6.04 Å². The molecule has 6 heteroatoms. The lowest BCUT2D eigenvalue weighted by Crippen LogP contribution is -2.52. The van der Waals surface area contributed by atoms with Crippen LogP contribution < -0.4 is 10.6 Å². The molecule has 2 aliphatic carbocycles. The number of carbonyl (C=O) groups excluding carboxylic acids is 3. The minimum Gasteiger partial charge on any atom is -0.322 e. The Morgan fingerprint density at radius 1 is 0.974 bits per heavy atom. The van der Waals surface area contributed by atoms with E-state index in [-0.39, 0.29) is 24.1 Å². The van der Waals surface area contributed by atoms with Gasteiger partial charge in [-0.1, -0.05) is 44.7 Å². The van der Waals surface area contributed by atoms with Gasteiger partial charge in [0, 0.05) is 24.1 Å². The average molecular weight is 522 g/mol. The van der Waals surface area contributed by atoms with Crippen LogP contribution in [0.3, 0.4) is 0 Å². The fourth-order valence-electron chi connectivity index (χ4n) is 8.07. The van der Waals surface area contributed by atoms with E-state index in [9.17, 15) is 14.4 Å². The minimum atomic E-state index is -0.541. The molecule has 3 amide bonds. The van der Waals surface area contributed by atoms with Gasteiger partial charge in [-0.25, -0.2) is 0 Å². The van der Waals surface area contributed by atoms with Gasteiger partial charge in [-0.2, -0.15) is 0 Å². The van der Waals surface area contributed by atoms with Gasteiger partial charge in [0.25, 0.3) is 5.91 Å². The van der Waals surface area contributed by atoms with E-state index in [4.69, 9.17) is 0 Å². The highest BCUT2D eigenvalue weighted by Crippen LogP contribution is 2.46. The fourth-order valence-corrected chi connectivity index (χ4v) is 8.07. The first-order chi connectivity index (χ1) is 18.3. The van der Waals surface area contributed by atoms with Gasteiger partial charge in [-0.15, -0.1) is 0 Å². The SMILES string of the molecule is CC1CC2CC(C1)CC(C)(NCCCCCCCCc1ccc3c(c1)CN(C1CCC(=O)NC1=O)C3=O)C2. The number of aryl methyl sites for hydroxylation is 1. The topological polar surface area (TPSA) is 78.5 Å². The van der Waals surface area contributed by atoms with Crippen LogP contribution in [0.25, 0.3) is 0 Å². The van der Waals surface area contributed by atoms with E-state index >= 15 is 0 Å². The Balaban J connectivity index is 0.959. The van der Waals surface area contributed by atoms with Crippen molar-refractivity contribution in [3.05, 3.63) is 34.9 Å². The molecular formula is C32H47N3O3. The monoisotopic (exact) mass is 521 g/mol. The summed E-state index contributed by atoms with van der Waals surface area (Å²) in [4.78, 5) is 38.2. The molecule has 2 bridgehead atoms. The standard InChI is InChI=1S/C32H47N3O3/c1-22-15-24-17-25(16-22)20-32(2,19-24)33-14-8-6-4-3-5-7-9-23-10-11-27-26(18-23)21-35(31(27)38)28-12-13-29(36)34-30(28)37/h10-11,18,22,24-25,28,33H,3-9,12-17,19-21H2,1-2H3,(H,34,36,37). The van der Waals surface area contributed by atoms with Crippen molar-refractivity contribution in [1.29, 1.82) is 0 Å². The number of benzene rings is 1. The van der Waals surface area contributed by atoms with Crippen molar-refractivity contribution in [1.82, 2.24) is 15.5 Å². The number of nitrogens with zero attached hydrogens (tertiary/aromatic N) is 1. The number of imide groups is 1. The number of nitrogens with one attached hydrogen (secondary N) is 2. The van der Waals surface area contributed by atoms with Gasteiger partial charge < -0.3 is 10.2 Å². The van der Waals surface area contributed by atoms with Crippen molar-refractivity contribution in [2.24, 2.45) is 17.8 Å². The van der Waals surface area contributed by atoms with Crippen molar-refractivity contribution in [2.75, 3.05) is 6.54 Å². The number of rotatable bonds is 11. The van der Waals surface area contributed by atoms with Gasteiger partial charge in [-0.05, 0) is 106 Å². The minimum absolute atomic E-state index is 0.0922. The molecule has 4 aliphatic rings. The molecule has 208 valence electrons. The smallest absolute Gasteiger partial charge is 0.255 e. The average Bonchev–Trinajstić information content (AvgIpc) is 3.17. The Bertz CT molecular complexity index is 1020. The first kappa shape index (κ1) is 27.4. The number of unbranched alkanes of at least 4 members (excludes halogenated alkanes) is 5. The highest BCUT2D eigenvalue weighted by atomic mass is 16.2. The zero-order chi connectivity index (χ0) is 26.7. The predicted octanol–water partition coefficient (Wildman–Crippen LogP) is 5.53. The third-order valence-electron chi connectivity index (χ3n) is 9.65. The van der Waals surface area contributed by atoms with Crippen LogP contribution in [0.1, 0.15) is 119 Å². The van der Waals surface area contributed by atoms with Gasteiger partial charge in [-0.3, -0.25) is 19.7 Å². The summed E-state index contributed by atoms with van der Waals surface area (Å²) >= 11 is 0. The molecule has 2 saturated carbocycles. The predicted molar refractivity (Wildman–Crippen MR) is 150 cm³/mol. The van der Waals surface area contributed by atoms with Crippen molar-refractivity contribution in [2.45, 2.75) is 122 Å². The molecule has 1 aromatic carbocycles. The maximum Gasteiger partial charge on any atom is 0.255 e. The zero-order valence-corrected chi connectivity index (χ0v) is 23.5. The third kappa shape index (κ3) is 6.50. The van der Waals surface area contributed by atoms with Crippen LogP contribution in [0.2, 0.25) is 0 Å². The number of carbonyl (C=O) groups is 3. The van der Waals surface area contributed by atoms with E-state index in [1.54, 1.807) is 4.90 Å². The van der Waals surface area contributed by atoms with Crippen molar-refractivity contribution >= 4 is 17.7 Å². The lowest BCUT2D eigenvalue weighted by atomic mass is 9.62. The molecule has 0 spiro atoms. The quantitative estimate of drug-likeness (QED) is 0.297. The Hall–Kier alpha value is -2.21. The molecule has 3 unspecified atom stereocenters. The van der Waals surface area contributed by atoms with Crippen LogP contribution >= 0.6 is 0 Å². The molecule has 2 heterocycles. The molecule has 0 radical (unpaired) electrons. The molecule has 0 aromatic heterocycles. The summed E-state index contributed by atoms with van der Waals surface area (Å²) < 4.78 is 0. The van der Waals surface area contributed by atoms with Crippen molar-refractivity contribution in [3.8, 4) is 0 Å². The Morgan fingerprint density at radius 2 is 1.68 bits per heavy atom. The highest BCUT2D eigenvalue weighted by Gasteiger charge is 2.41. The number of fused-ring (bicyclic) bond motifs is 3. The van der Waals surface area contributed by atoms with Gasteiger partial charge in [0.1, 0.15) is 6.04 Å². The summed E-state index contributed by atoms with van der Waals surface area (Å²) in [5, 5.41) is 6.32. The van der Waals surface area contributed by atoms with Crippen LogP contribution in [0.4, 0.5) is 0 Å². The normalized spacial score (nSPS) is 30.9. The summed E-state index contributed by atoms with van der Waals surface area (Å²) in [6.07, 6.45) is 16.4. The Labute approximate surface area is 228 Å². The van der Waals surface area contributed by atoms with E-state index in [0.717, 1.165) is 36.3 Å². The summed E-state index contributed by atoms with van der Waals surface area (Å²) in [7, 11) is 0. The van der Waals surface area contributed by atoms with E-state index in [0.29, 0.717) is 24.1 Å². The van der Waals surface area contributed by atoms with Crippen LogP contribution in [0, 0.1) is 17.8 Å². The molecule has 38 heavy (non-hydrogen) atoms. The number of hydrogen-bond donors (Lipinski definition) is 2. The van der Waals surface area contributed by atoms with Crippen LogP contribution in [-0.4, -0.2) is 40.7 Å². The molecule has 3 atom stereocenters. The molecule has 2 aliphatic heterocycles. The number of piperidine rings is 1. The Kier molecular flexibility index (Phi) is 8.56. The van der Waals surface area contributed by atoms with Crippen molar-refractivity contribution in [3.63, 3.8) is 0 Å². The second-order valence-electron chi connectivity index (χ2n) is 13.2. The second-order valence-corrected chi connectivity index (χ2v) is 13.2. The molecule has 1 saturated heterocycles. The summed E-state index contributed by atoms with van der Waals surface area (Å²) in [5.41, 5.74) is 3.35. The highest BCUT2D eigenvalue weighted by molar-refractivity contribution is 6.05. The number of hydrogen-bond acceptors (Lipinski definition) is 4. The first-order valence-electron chi connectivity index (χ1n) is 15.3. The molecular weight excluding hydrogens is 474 g/mol. The van der Waals surface area contributed by atoms with E-state index in [1.165, 1.54) is 76.2 Å². The van der Waals surface area contributed by atoms with E-state index in [1.807, 2.05) is 6.07 Å². The summed E-state index contributed by atoms with van der Waals surface area (Å²) in [5.74, 6) is 2.14. The largest absolute Gasteiger partial charge is 0.322 e. The molecule has 5 rings (SSSR count). The maximum absolute atomic E-state index is 12.9. The van der Waals surface area contributed by atoms with E-state index in [2.05, 4.69) is 36.6 Å². The van der Waals surface area contributed by atoms with Gasteiger partial charge in [0.2, 0.25) is 11.8 Å². The lowest BCUT2D eigenvalue weighted by Gasteiger charge is -2.47. The summed E-state index contributed by atoms with van der Waals surface area (Å²) in [6, 6.07) is 5.59. The van der Waals surface area contributed by atoms with Crippen LogP contribution in [-0.2, 0) is 22.6 Å². The maximum atomic E-state index is 12.9. The molecule has 2 N–H and O–H groups in total. The van der Waals surface area contributed by atoms with Gasteiger partial charge >= 0.3 is 0 Å². The molecule has 3 fully saturated rings. The van der Waals surface area contributed by atoms with Gasteiger partial charge in [0.05, 0.1) is 0 Å².